The van der Waals surface area contributed by atoms with Gasteiger partial charge in [-0.3, -0.25) is 14.4 Å². The average Bonchev–Trinajstić information content (AvgIpc) is 3.69. The number of hydrogen-bond acceptors (Lipinski definition) is 8. The first-order valence-corrected chi connectivity index (χ1v) is 13.5. The van der Waals surface area contributed by atoms with E-state index >= 15 is 0 Å². The smallest absolute Gasteiger partial charge is 0.263 e. The summed E-state index contributed by atoms with van der Waals surface area (Å²) >= 11 is 5.89. The highest BCUT2D eigenvalue weighted by Gasteiger charge is 2.55. The molecule has 1 fully saturated rings. The molecular weight excluding hydrogens is 536 g/mol. The fraction of sp³-hybridized carbons (Fsp3) is 0.375. The number of benzene rings is 1. The highest BCUT2D eigenvalue weighted by atomic mass is 35.5. The Morgan fingerprint density at radius 1 is 1.21 bits per heavy atom. The van der Waals surface area contributed by atoms with Gasteiger partial charge in [-0.2, -0.15) is 5.10 Å². The van der Waals surface area contributed by atoms with Gasteiger partial charge in [-0.05, 0) is 36.6 Å². The lowest BCUT2D eigenvalue weighted by atomic mass is 10.1. The highest BCUT2D eigenvalue weighted by Crippen LogP contribution is 2.43. The van der Waals surface area contributed by atoms with Crippen molar-refractivity contribution in [2.24, 2.45) is 7.05 Å². The van der Waals surface area contributed by atoms with Crippen molar-refractivity contribution in [3.63, 3.8) is 0 Å². The minimum atomic E-state index is -3.87. The van der Waals surface area contributed by atoms with E-state index in [0.29, 0.717) is 23.3 Å². The van der Waals surface area contributed by atoms with Gasteiger partial charge in [-0.15, -0.1) is 5.10 Å². The lowest BCUT2D eigenvalue weighted by Gasteiger charge is -2.19. The molecule has 12 nitrogen and oxygen atoms in total. The number of aryl methyl sites for hydroxylation is 1. The Kier molecular flexibility index (Phi) is 7.72. The van der Waals surface area contributed by atoms with E-state index in [1.807, 2.05) is 0 Å². The molecule has 3 aromatic rings. The van der Waals surface area contributed by atoms with Crippen LogP contribution in [-0.2, 0) is 28.4 Å². The number of pyridine rings is 1. The predicted octanol–water partition coefficient (Wildman–Crippen LogP) is 0.831. The minimum Gasteiger partial charge on any atom is -0.473 e. The molecule has 0 saturated heterocycles. The van der Waals surface area contributed by atoms with Crippen molar-refractivity contribution < 1.29 is 22.7 Å². The molecule has 2 heterocycles. The van der Waals surface area contributed by atoms with Gasteiger partial charge in [0.1, 0.15) is 22.4 Å². The zero-order valence-electron chi connectivity index (χ0n) is 21.0. The van der Waals surface area contributed by atoms with Crippen LogP contribution in [0.15, 0.2) is 41.3 Å². The number of rotatable bonds is 10. The highest BCUT2D eigenvalue weighted by molar-refractivity contribution is 7.91. The number of aromatic nitrogens is 3. The molecule has 0 unspecified atom stereocenters. The SMILES string of the molecule is CN(C)C(=O)CNS(=O)(=O)C1(COc2nncc3cc(C(=O)NCc4ccc(Cl)cc4)c(=O)n(C)c23)CC1. The van der Waals surface area contributed by atoms with Crippen molar-refractivity contribution in [3.8, 4) is 5.88 Å². The van der Waals surface area contributed by atoms with Gasteiger partial charge in [-0.1, -0.05) is 23.7 Å². The Bertz CT molecular complexity index is 1550. The maximum absolute atomic E-state index is 13.0. The van der Waals surface area contributed by atoms with Gasteiger partial charge in [0.2, 0.25) is 15.9 Å². The number of carbonyl (C=O) groups excluding carboxylic acids is 2. The van der Waals surface area contributed by atoms with Crippen LogP contribution in [-0.4, -0.2) is 71.9 Å². The standard InChI is InChI=1S/C24H27ClN6O6S/c1-30(2)19(32)13-28-38(35,36)24(8-9-24)14-37-22-20-16(12-27-29-22)10-18(23(34)31(20)3)21(33)26-11-15-4-6-17(25)7-5-15/h4-7,10,12,28H,8-9,11,13-14H2,1-3H3,(H,26,33). The first-order valence-electron chi connectivity index (χ1n) is 11.6. The van der Waals surface area contributed by atoms with E-state index in [0.717, 1.165) is 5.56 Å². The van der Waals surface area contributed by atoms with Crippen LogP contribution in [0, 0.1) is 0 Å². The van der Waals surface area contributed by atoms with Crippen LogP contribution in [0.5, 0.6) is 5.88 Å². The molecule has 0 bridgehead atoms. The third kappa shape index (κ3) is 5.64. The molecule has 1 aliphatic rings. The number of nitrogens with one attached hydrogen (secondary N) is 2. The first-order chi connectivity index (χ1) is 17.9. The molecule has 4 rings (SSSR count). The van der Waals surface area contributed by atoms with Crippen LogP contribution in [0.3, 0.4) is 0 Å². The zero-order chi connectivity index (χ0) is 27.7. The van der Waals surface area contributed by atoms with Crippen molar-refractivity contribution in [3.05, 3.63) is 63.0 Å². The van der Waals surface area contributed by atoms with Gasteiger partial charge in [0.25, 0.3) is 17.3 Å². The van der Waals surface area contributed by atoms with E-state index in [4.69, 9.17) is 16.3 Å². The van der Waals surface area contributed by atoms with E-state index in [9.17, 15) is 22.8 Å². The molecule has 0 radical (unpaired) electrons. The Morgan fingerprint density at radius 2 is 1.89 bits per heavy atom. The number of sulfonamides is 1. The van der Waals surface area contributed by atoms with Crippen LogP contribution < -0.4 is 20.3 Å². The summed E-state index contributed by atoms with van der Waals surface area (Å²) in [5, 5.41) is 11.6. The largest absolute Gasteiger partial charge is 0.473 e. The number of hydrogen-bond donors (Lipinski definition) is 2. The Hall–Kier alpha value is -3.55. The van der Waals surface area contributed by atoms with E-state index in [2.05, 4.69) is 20.2 Å². The van der Waals surface area contributed by atoms with E-state index in [-0.39, 0.29) is 42.6 Å². The molecule has 0 atom stereocenters. The van der Waals surface area contributed by atoms with Crippen LogP contribution >= 0.6 is 11.6 Å². The van der Waals surface area contributed by atoms with Gasteiger partial charge < -0.3 is 19.5 Å². The molecule has 0 aliphatic heterocycles. The molecular formula is C24H27ClN6O6S. The van der Waals surface area contributed by atoms with Gasteiger partial charge in [0, 0.05) is 38.1 Å². The van der Waals surface area contributed by atoms with E-state index in [1.54, 1.807) is 24.3 Å². The maximum atomic E-state index is 13.0. The molecule has 38 heavy (non-hydrogen) atoms. The van der Waals surface area contributed by atoms with Crippen LogP contribution in [0.2, 0.25) is 5.02 Å². The Morgan fingerprint density at radius 3 is 2.53 bits per heavy atom. The van der Waals surface area contributed by atoms with Crippen LogP contribution in [0.4, 0.5) is 0 Å². The summed E-state index contributed by atoms with van der Waals surface area (Å²) in [4.78, 5) is 38.9. The summed E-state index contributed by atoms with van der Waals surface area (Å²) < 4.78 is 33.8. The number of fused-ring (bicyclic) bond motifs is 1. The number of halogens is 1. The third-order valence-corrected chi connectivity index (χ3v) is 8.81. The van der Waals surface area contributed by atoms with E-state index < -0.39 is 26.2 Å². The Balaban J connectivity index is 1.52. The molecule has 14 heteroatoms. The molecule has 2 N–H and O–H groups in total. The normalized spacial score (nSPS) is 14.2. The minimum absolute atomic E-state index is 0.0407. The summed E-state index contributed by atoms with van der Waals surface area (Å²) in [5.74, 6) is -0.989. The molecule has 2 aromatic heterocycles. The predicted molar refractivity (Wildman–Crippen MR) is 140 cm³/mol. The molecule has 1 saturated carbocycles. The van der Waals surface area contributed by atoms with Crippen molar-refractivity contribution >= 4 is 44.3 Å². The Labute approximate surface area is 224 Å². The number of likely N-dealkylation sites (N-methyl/N-ethyl adjacent to an activating group) is 1. The second-order valence-corrected chi connectivity index (χ2v) is 11.9. The van der Waals surface area contributed by atoms with E-state index in [1.165, 1.54) is 42.9 Å². The quantitative estimate of drug-likeness (QED) is 0.368. The molecule has 1 aliphatic carbocycles. The van der Waals surface area contributed by atoms with Gasteiger partial charge in [0.05, 0.1) is 12.7 Å². The maximum Gasteiger partial charge on any atom is 0.263 e. The van der Waals surface area contributed by atoms with Crippen molar-refractivity contribution in [1.29, 1.82) is 0 Å². The average molecular weight is 563 g/mol. The lowest BCUT2D eigenvalue weighted by molar-refractivity contribution is -0.127. The number of ether oxygens (including phenoxy) is 1. The summed E-state index contributed by atoms with van der Waals surface area (Å²) in [7, 11) is 0.662. The van der Waals surface area contributed by atoms with Crippen molar-refractivity contribution in [1.82, 2.24) is 29.7 Å². The number of carbonyl (C=O) groups is 2. The summed E-state index contributed by atoms with van der Waals surface area (Å²) in [5.41, 5.74) is 0.403. The van der Waals surface area contributed by atoms with Gasteiger partial charge >= 0.3 is 0 Å². The monoisotopic (exact) mass is 562 g/mol. The summed E-state index contributed by atoms with van der Waals surface area (Å²) in [6, 6.07) is 8.34. The zero-order valence-corrected chi connectivity index (χ0v) is 22.6. The fourth-order valence-corrected chi connectivity index (χ4v) is 5.35. The molecule has 0 spiro atoms. The summed E-state index contributed by atoms with van der Waals surface area (Å²) in [6.45, 7) is -0.406. The van der Waals surface area contributed by atoms with Crippen molar-refractivity contribution in [2.75, 3.05) is 27.2 Å². The third-order valence-electron chi connectivity index (χ3n) is 6.36. The van der Waals surface area contributed by atoms with Crippen LogP contribution in [0.25, 0.3) is 10.9 Å². The summed E-state index contributed by atoms with van der Waals surface area (Å²) in [6.07, 6.45) is 2.07. The number of nitrogens with zero attached hydrogens (tertiary/aromatic N) is 4. The fourth-order valence-electron chi connectivity index (χ4n) is 3.76. The topological polar surface area (TPSA) is 153 Å². The van der Waals surface area contributed by atoms with Gasteiger partial charge in [0.15, 0.2) is 0 Å². The molecule has 202 valence electrons. The first kappa shape index (κ1) is 27.5. The molecule has 2 amide bonds. The van der Waals surface area contributed by atoms with Crippen molar-refractivity contribution in [2.45, 2.75) is 24.1 Å². The second-order valence-electron chi connectivity index (χ2n) is 9.27. The molecule has 1 aromatic carbocycles. The second kappa shape index (κ2) is 10.7. The van der Waals surface area contributed by atoms with Crippen LogP contribution in [0.1, 0.15) is 28.8 Å². The van der Waals surface area contributed by atoms with Gasteiger partial charge in [-0.25, -0.2) is 13.1 Å². The lowest BCUT2D eigenvalue weighted by Crippen LogP contribution is -2.44. The number of amides is 2.